The number of carbonyl (C=O) groups excluding carboxylic acids is 2. The van der Waals surface area contributed by atoms with Crippen molar-refractivity contribution in [1.82, 2.24) is 4.90 Å². The molecule has 1 heterocycles. The van der Waals surface area contributed by atoms with E-state index in [1.165, 1.54) is 12.1 Å². The van der Waals surface area contributed by atoms with E-state index in [9.17, 15) is 14.0 Å². The Bertz CT molecular complexity index is 826. The van der Waals surface area contributed by atoms with Crippen LogP contribution >= 0.6 is 0 Å². The molecule has 2 aromatic rings. The molecule has 0 aliphatic carbocycles. The molecular formula is C22H25FN2O3. The number of ether oxygens (including phenoxy) is 1. The maximum atomic E-state index is 13.1. The Morgan fingerprint density at radius 3 is 2.25 bits per heavy atom. The monoisotopic (exact) mass is 384 g/mol. The van der Waals surface area contributed by atoms with E-state index < -0.39 is 5.41 Å². The van der Waals surface area contributed by atoms with E-state index in [1.807, 2.05) is 36.1 Å². The van der Waals surface area contributed by atoms with Crippen LogP contribution in [0, 0.1) is 18.2 Å². The Kier molecular flexibility index (Phi) is 5.97. The fraction of sp³-hybridized carbons (Fsp3) is 0.364. The molecule has 0 unspecified atom stereocenters. The number of amides is 2. The second-order valence-electron chi connectivity index (χ2n) is 7.54. The zero-order chi connectivity index (χ0) is 20.1. The van der Waals surface area contributed by atoms with Crippen molar-refractivity contribution < 1.29 is 18.7 Å². The zero-order valence-corrected chi connectivity index (χ0v) is 16.0. The van der Waals surface area contributed by atoms with Crippen LogP contribution in [-0.2, 0) is 4.79 Å². The first kappa shape index (κ1) is 19.9. The van der Waals surface area contributed by atoms with E-state index in [4.69, 9.17) is 10.5 Å². The average molecular weight is 384 g/mol. The molecule has 148 valence electrons. The largest absolute Gasteiger partial charge is 0.493 e. The minimum atomic E-state index is -0.426. The molecule has 1 aliphatic rings. The summed E-state index contributed by atoms with van der Waals surface area (Å²) in [7, 11) is 0. The number of piperidine rings is 1. The number of carbonyl (C=O) groups is 2. The van der Waals surface area contributed by atoms with Crippen LogP contribution in [0.5, 0.6) is 5.75 Å². The summed E-state index contributed by atoms with van der Waals surface area (Å²) in [5, 5.41) is 0. The van der Waals surface area contributed by atoms with Crippen LogP contribution in [0.2, 0.25) is 0 Å². The second kappa shape index (κ2) is 8.42. The highest BCUT2D eigenvalue weighted by molar-refractivity contribution is 5.94. The smallest absolute Gasteiger partial charge is 0.253 e. The summed E-state index contributed by atoms with van der Waals surface area (Å²) >= 11 is 0. The lowest BCUT2D eigenvalue weighted by Gasteiger charge is -2.41. The van der Waals surface area contributed by atoms with Crippen LogP contribution in [0.1, 0.15) is 35.2 Å². The Morgan fingerprint density at radius 2 is 1.68 bits per heavy atom. The maximum absolute atomic E-state index is 13.1. The number of nitrogens with two attached hydrogens (primary N) is 1. The summed E-state index contributed by atoms with van der Waals surface area (Å²) in [5.74, 6) is -0.182. The second-order valence-corrected chi connectivity index (χ2v) is 7.54. The number of hydrogen-bond acceptors (Lipinski definition) is 3. The SMILES string of the molecule is Cc1ccc(C(=O)N2CCC(COc3ccc(F)cc3)(CC(N)=O)CC2)cc1. The maximum Gasteiger partial charge on any atom is 0.253 e. The van der Waals surface area contributed by atoms with Gasteiger partial charge in [-0.1, -0.05) is 17.7 Å². The van der Waals surface area contributed by atoms with Crippen molar-refractivity contribution in [2.75, 3.05) is 19.7 Å². The summed E-state index contributed by atoms with van der Waals surface area (Å²) in [5.41, 5.74) is 6.81. The molecule has 28 heavy (non-hydrogen) atoms. The molecule has 0 atom stereocenters. The van der Waals surface area contributed by atoms with Crippen molar-refractivity contribution in [3.63, 3.8) is 0 Å². The normalized spacial score (nSPS) is 15.9. The molecule has 6 heteroatoms. The summed E-state index contributed by atoms with van der Waals surface area (Å²) in [4.78, 5) is 26.2. The van der Waals surface area contributed by atoms with Gasteiger partial charge in [-0.15, -0.1) is 0 Å². The number of halogens is 1. The molecule has 5 nitrogen and oxygen atoms in total. The van der Waals surface area contributed by atoms with E-state index in [2.05, 4.69) is 0 Å². The number of primary amides is 1. The third-order valence-electron chi connectivity index (χ3n) is 5.32. The molecule has 1 saturated heterocycles. The lowest BCUT2D eigenvalue weighted by Crippen LogP contribution is -2.47. The van der Waals surface area contributed by atoms with Crippen LogP contribution in [0.15, 0.2) is 48.5 Å². The summed E-state index contributed by atoms with van der Waals surface area (Å²) in [6.45, 7) is 3.35. The van der Waals surface area contributed by atoms with Gasteiger partial charge < -0.3 is 15.4 Å². The van der Waals surface area contributed by atoms with Gasteiger partial charge in [0.2, 0.25) is 5.91 Å². The van der Waals surface area contributed by atoms with Gasteiger partial charge in [0.15, 0.2) is 0 Å². The highest BCUT2D eigenvalue weighted by Crippen LogP contribution is 2.36. The third-order valence-corrected chi connectivity index (χ3v) is 5.32. The van der Waals surface area contributed by atoms with Gasteiger partial charge in [-0.25, -0.2) is 4.39 Å². The molecule has 3 rings (SSSR count). The standard InChI is InChI=1S/C22H25FN2O3/c1-16-2-4-17(5-3-16)21(27)25-12-10-22(11-13-25,14-20(24)26)15-28-19-8-6-18(23)7-9-19/h2-9H,10-15H2,1H3,(H2,24,26). The number of rotatable bonds is 6. The molecule has 2 N–H and O–H groups in total. The van der Waals surface area contributed by atoms with E-state index in [1.54, 1.807) is 12.1 Å². The Labute approximate surface area is 164 Å². The number of benzene rings is 2. The van der Waals surface area contributed by atoms with E-state index in [0.29, 0.717) is 43.9 Å². The van der Waals surface area contributed by atoms with Crippen LogP contribution in [0.3, 0.4) is 0 Å². The number of hydrogen-bond donors (Lipinski definition) is 1. The molecular weight excluding hydrogens is 359 g/mol. The van der Waals surface area contributed by atoms with Gasteiger partial charge in [0.05, 0.1) is 6.61 Å². The van der Waals surface area contributed by atoms with E-state index in [-0.39, 0.29) is 24.1 Å². The van der Waals surface area contributed by atoms with Gasteiger partial charge in [0.1, 0.15) is 11.6 Å². The van der Waals surface area contributed by atoms with Crippen molar-refractivity contribution in [3.8, 4) is 5.75 Å². The third kappa shape index (κ3) is 4.88. The first-order chi connectivity index (χ1) is 13.4. The van der Waals surface area contributed by atoms with Gasteiger partial charge in [-0.05, 0) is 56.2 Å². The van der Waals surface area contributed by atoms with Gasteiger partial charge in [0.25, 0.3) is 5.91 Å². The van der Waals surface area contributed by atoms with Crippen molar-refractivity contribution in [2.24, 2.45) is 11.1 Å². The molecule has 0 bridgehead atoms. The van der Waals surface area contributed by atoms with Gasteiger partial charge in [-0.3, -0.25) is 9.59 Å². The molecule has 2 aromatic carbocycles. The Morgan fingerprint density at radius 1 is 1.07 bits per heavy atom. The molecule has 0 aromatic heterocycles. The van der Waals surface area contributed by atoms with Gasteiger partial charge >= 0.3 is 0 Å². The van der Waals surface area contributed by atoms with Gasteiger partial charge in [-0.2, -0.15) is 0 Å². The van der Waals surface area contributed by atoms with E-state index in [0.717, 1.165) is 5.56 Å². The van der Waals surface area contributed by atoms with Crippen molar-refractivity contribution >= 4 is 11.8 Å². The zero-order valence-electron chi connectivity index (χ0n) is 16.0. The number of nitrogens with zero attached hydrogens (tertiary/aromatic N) is 1. The summed E-state index contributed by atoms with van der Waals surface area (Å²) in [6.07, 6.45) is 1.43. The average Bonchev–Trinajstić information content (AvgIpc) is 2.68. The quantitative estimate of drug-likeness (QED) is 0.830. The minimum absolute atomic E-state index is 0.00729. The predicted octanol–water partition coefficient (Wildman–Crippen LogP) is 3.31. The van der Waals surface area contributed by atoms with Crippen LogP contribution in [0.4, 0.5) is 4.39 Å². The summed E-state index contributed by atoms with van der Waals surface area (Å²) < 4.78 is 18.9. The highest BCUT2D eigenvalue weighted by Gasteiger charge is 2.38. The topological polar surface area (TPSA) is 72.6 Å². The van der Waals surface area contributed by atoms with Crippen LogP contribution in [-0.4, -0.2) is 36.4 Å². The summed E-state index contributed by atoms with van der Waals surface area (Å²) in [6, 6.07) is 13.3. The lowest BCUT2D eigenvalue weighted by atomic mass is 9.76. The molecule has 1 aliphatic heterocycles. The molecule has 0 saturated carbocycles. The first-order valence-corrected chi connectivity index (χ1v) is 9.40. The number of likely N-dealkylation sites (tertiary alicyclic amines) is 1. The number of aryl methyl sites for hydroxylation is 1. The minimum Gasteiger partial charge on any atom is -0.493 e. The van der Waals surface area contributed by atoms with Crippen LogP contribution < -0.4 is 10.5 Å². The molecule has 2 amide bonds. The lowest BCUT2D eigenvalue weighted by molar-refractivity contribution is -0.121. The van der Waals surface area contributed by atoms with Crippen molar-refractivity contribution in [1.29, 1.82) is 0 Å². The first-order valence-electron chi connectivity index (χ1n) is 9.40. The predicted molar refractivity (Wildman–Crippen MR) is 104 cm³/mol. The molecule has 0 radical (unpaired) electrons. The van der Waals surface area contributed by atoms with Crippen molar-refractivity contribution in [3.05, 3.63) is 65.5 Å². The fourth-order valence-corrected chi connectivity index (χ4v) is 3.57. The Balaban J connectivity index is 1.65. The molecule has 0 spiro atoms. The van der Waals surface area contributed by atoms with E-state index >= 15 is 0 Å². The van der Waals surface area contributed by atoms with Crippen molar-refractivity contribution in [2.45, 2.75) is 26.2 Å². The van der Waals surface area contributed by atoms with Crippen LogP contribution in [0.25, 0.3) is 0 Å². The molecule has 1 fully saturated rings. The van der Waals surface area contributed by atoms with Gasteiger partial charge in [0, 0.05) is 30.5 Å². The Hall–Kier alpha value is -2.89. The fourth-order valence-electron chi connectivity index (χ4n) is 3.57. The highest BCUT2D eigenvalue weighted by atomic mass is 19.1.